The number of carbonyl (C=O) groups is 1. The molecule has 1 amide bonds. The molecule has 0 saturated carbocycles. The van der Waals surface area contributed by atoms with E-state index in [0.717, 1.165) is 53.4 Å². The van der Waals surface area contributed by atoms with Crippen LogP contribution in [0.1, 0.15) is 31.5 Å². The summed E-state index contributed by atoms with van der Waals surface area (Å²) in [5, 5.41) is 16.4. The molecule has 0 atom stereocenters. The van der Waals surface area contributed by atoms with Crippen LogP contribution < -0.4 is 15.4 Å². The minimum absolute atomic E-state index is 0.282. The maximum Gasteiger partial charge on any atom is 0.284 e. The van der Waals surface area contributed by atoms with E-state index in [1.54, 1.807) is 6.07 Å². The van der Waals surface area contributed by atoms with Gasteiger partial charge in [0.15, 0.2) is 5.01 Å². The SMILES string of the molecule is N#Cc1c(NC(=O)c2nc3c(s2)CNCC3)cccc1-c1ccc2c(c1)OCC2. The lowest BCUT2D eigenvalue weighted by molar-refractivity contribution is 0.102. The van der Waals surface area contributed by atoms with Crippen LogP contribution in [0, 0.1) is 11.3 Å². The van der Waals surface area contributed by atoms with E-state index in [0.29, 0.717) is 22.9 Å². The molecule has 0 radical (unpaired) electrons. The Kier molecular flexibility index (Phi) is 4.51. The first kappa shape index (κ1) is 17.9. The molecule has 29 heavy (non-hydrogen) atoms. The van der Waals surface area contributed by atoms with Gasteiger partial charge in [0.2, 0.25) is 0 Å². The Morgan fingerprint density at radius 3 is 3.07 bits per heavy atom. The minimum Gasteiger partial charge on any atom is -0.493 e. The maximum absolute atomic E-state index is 12.8. The van der Waals surface area contributed by atoms with Gasteiger partial charge in [0.05, 0.1) is 23.6 Å². The standard InChI is InChI=1S/C22H18N4O2S/c23-11-16-15(14-5-4-13-7-9-28-19(13)10-14)2-1-3-17(16)25-21(27)22-26-18-6-8-24-12-20(18)29-22/h1-5,10,24H,6-9,12H2,(H,25,27). The summed E-state index contributed by atoms with van der Waals surface area (Å²) in [7, 11) is 0. The second-order valence-corrected chi connectivity index (χ2v) is 8.11. The Morgan fingerprint density at radius 2 is 2.21 bits per heavy atom. The summed E-state index contributed by atoms with van der Waals surface area (Å²) in [6, 6.07) is 13.7. The zero-order chi connectivity index (χ0) is 19.8. The highest BCUT2D eigenvalue weighted by molar-refractivity contribution is 7.13. The van der Waals surface area contributed by atoms with Gasteiger partial charge in [-0.3, -0.25) is 4.79 Å². The predicted octanol–water partition coefficient (Wildman–Crippen LogP) is 3.51. The number of hydrogen-bond acceptors (Lipinski definition) is 6. The van der Waals surface area contributed by atoms with E-state index in [1.165, 1.54) is 16.9 Å². The first-order chi connectivity index (χ1) is 14.2. The molecule has 5 rings (SSSR count). The van der Waals surface area contributed by atoms with Crippen LogP contribution in [0.15, 0.2) is 36.4 Å². The first-order valence-electron chi connectivity index (χ1n) is 9.53. The molecular weight excluding hydrogens is 384 g/mol. The number of benzene rings is 2. The van der Waals surface area contributed by atoms with E-state index in [2.05, 4.69) is 21.7 Å². The number of hydrogen-bond donors (Lipinski definition) is 2. The van der Waals surface area contributed by atoms with Gasteiger partial charge in [0.1, 0.15) is 11.8 Å². The second-order valence-electron chi connectivity index (χ2n) is 7.03. The molecule has 0 bridgehead atoms. The lowest BCUT2D eigenvalue weighted by Crippen LogP contribution is -2.22. The summed E-state index contributed by atoms with van der Waals surface area (Å²) in [4.78, 5) is 18.4. The summed E-state index contributed by atoms with van der Waals surface area (Å²) < 4.78 is 5.66. The number of aromatic nitrogens is 1. The van der Waals surface area contributed by atoms with E-state index in [1.807, 2.05) is 30.3 Å². The normalized spacial score (nSPS) is 14.4. The van der Waals surface area contributed by atoms with Gasteiger partial charge >= 0.3 is 0 Å². The van der Waals surface area contributed by atoms with E-state index in [9.17, 15) is 10.1 Å². The third kappa shape index (κ3) is 3.27. The average Bonchev–Trinajstić information content (AvgIpc) is 3.39. The fraction of sp³-hybridized carbons (Fsp3) is 0.227. The van der Waals surface area contributed by atoms with Crippen LogP contribution >= 0.6 is 11.3 Å². The molecule has 2 aliphatic heterocycles. The van der Waals surface area contributed by atoms with Gasteiger partial charge in [-0.25, -0.2) is 4.98 Å². The molecule has 7 heteroatoms. The molecule has 0 aliphatic carbocycles. The number of nitrogens with one attached hydrogen (secondary N) is 2. The summed E-state index contributed by atoms with van der Waals surface area (Å²) >= 11 is 1.41. The van der Waals surface area contributed by atoms with Gasteiger partial charge in [0, 0.05) is 36.4 Å². The number of carbonyl (C=O) groups excluding carboxylic acids is 1. The van der Waals surface area contributed by atoms with Crippen molar-refractivity contribution < 1.29 is 9.53 Å². The third-order valence-electron chi connectivity index (χ3n) is 5.23. The quantitative estimate of drug-likeness (QED) is 0.700. The molecule has 2 aromatic carbocycles. The molecule has 3 heterocycles. The fourth-order valence-electron chi connectivity index (χ4n) is 3.75. The van der Waals surface area contributed by atoms with Gasteiger partial charge < -0.3 is 15.4 Å². The lowest BCUT2D eigenvalue weighted by Gasteiger charge is -2.11. The number of rotatable bonds is 3. The molecule has 3 aromatic rings. The molecule has 1 aromatic heterocycles. The summed E-state index contributed by atoms with van der Waals surface area (Å²) in [5.41, 5.74) is 4.76. The molecule has 2 aliphatic rings. The van der Waals surface area contributed by atoms with Crippen LogP contribution in [0.25, 0.3) is 11.1 Å². The van der Waals surface area contributed by atoms with Crippen molar-refractivity contribution in [3.8, 4) is 22.9 Å². The summed E-state index contributed by atoms with van der Waals surface area (Å²) in [5.74, 6) is 0.582. The van der Waals surface area contributed by atoms with E-state index in [4.69, 9.17) is 4.74 Å². The van der Waals surface area contributed by atoms with Crippen LogP contribution in [0.4, 0.5) is 5.69 Å². The largest absolute Gasteiger partial charge is 0.493 e. The van der Waals surface area contributed by atoms with Crippen LogP contribution in [0.3, 0.4) is 0 Å². The van der Waals surface area contributed by atoms with Crippen LogP contribution in [0.2, 0.25) is 0 Å². The van der Waals surface area contributed by atoms with Crippen molar-refractivity contribution in [2.45, 2.75) is 19.4 Å². The topological polar surface area (TPSA) is 87.0 Å². The fourth-order valence-corrected chi connectivity index (χ4v) is 4.72. The van der Waals surface area contributed by atoms with Crippen molar-refractivity contribution in [1.29, 1.82) is 5.26 Å². The maximum atomic E-state index is 12.8. The van der Waals surface area contributed by atoms with Crippen molar-refractivity contribution in [3.63, 3.8) is 0 Å². The second kappa shape index (κ2) is 7.32. The number of nitrogens with zero attached hydrogens (tertiary/aromatic N) is 2. The van der Waals surface area contributed by atoms with E-state index >= 15 is 0 Å². The monoisotopic (exact) mass is 402 g/mol. The number of thiazole rings is 1. The predicted molar refractivity (Wildman–Crippen MR) is 111 cm³/mol. The minimum atomic E-state index is -0.282. The molecule has 6 nitrogen and oxygen atoms in total. The lowest BCUT2D eigenvalue weighted by atomic mass is 9.97. The van der Waals surface area contributed by atoms with Gasteiger partial charge in [-0.05, 0) is 23.3 Å². The Morgan fingerprint density at radius 1 is 1.28 bits per heavy atom. The Bertz CT molecular complexity index is 1140. The van der Waals surface area contributed by atoms with Crippen LogP contribution in [-0.2, 0) is 19.4 Å². The molecule has 0 spiro atoms. The molecule has 0 unspecified atom stereocenters. The molecule has 0 saturated heterocycles. The molecular formula is C22H18N4O2S. The first-order valence-corrected chi connectivity index (χ1v) is 10.3. The third-order valence-corrected chi connectivity index (χ3v) is 6.32. The Balaban J connectivity index is 1.46. The molecule has 144 valence electrons. The number of amides is 1. The highest BCUT2D eigenvalue weighted by atomic mass is 32.1. The van der Waals surface area contributed by atoms with Gasteiger partial charge in [-0.15, -0.1) is 11.3 Å². The Labute approximate surface area is 172 Å². The number of fused-ring (bicyclic) bond motifs is 2. The van der Waals surface area contributed by atoms with Crippen molar-refractivity contribution in [3.05, 3.63) is 63.1 Å². The number of ether oxygens (including phenoxy) is 1. The van der Waals surface area contributed by atoms with Crippen molar-refractivity contribution in [2.75, 3.05) is 18.5 Å². The summed E-state index contributed by atoms with van der Waals surface area (Å²) in [6.07, 6.45) is 1.74. The Hall–Kier alpha value is -3.21. The van der Waals surface area contributed by atoms with E-state index in [-0.39, 0.29) is 5.91 Å². The molecule has 0 fully saturated rings. The number of anilines is 1. The zero-order valence-corrected chi connectivity index (χ0v) is 16.4. The average molecular weight is 402 g/mol. The van der Waals surface area contributed by atoms with Gasteiger partial charge in [0.25, 0.3) is 5.91 Å². The molecule has 2 N–H and O–H groups in total. The smallest absolute Gasteiger partial charge is 0.284 e. The zero-order valence-electron chi connectivity index (χ0n) is 15.6. The van der Waals surface area contributed by atoms with Gasteiger partial charge in [-0.1, -0.05) is 24.3 Å². The van der Waals surface area contributed by atoms with E-state index < -0.39 is 0 Å². The number of nitriles is 1. The summed E-state index contributed by atoms with van der Waals surface area (Å²) in [6.45, 7) is 2.32. The van der Waals surface area contributed by atoms with Gasteiger partial charge in [-0.2, -0.15) is 5.26 Å². The van der Waals surface area contributed by atoms with Crippen molar-refractivity contribution in [1.82, 2.24) is 10.3 Å². The van der Waals surface area contributed by atoms with Crippen molar-refractivity contribution in [2.24, 2.45) is 0 Å². The highest BCUT2D eigenvalue weighted by Crippen LogP contribution is 2.34. The van der Waals surface area contributed by atoms with Crippen LogP contribution in [-0.4, -0.2) is 24.0 Å². The van der Waals surface area contributed by atoms with Crippen molar-refractivity contribution >= 4 is 22.9 Å². The van der Waals surface area contributed by atoms with Crippen LogP contribution in [0.5, 0.6) is 5.75 Å². The highest BCUT2D eigenvalue weighted by Gasteiger charge is 2.21.